The smallest absolute Gasteiger partial charge is 0.255 e. The zero-order valence-electron chi connectivity index (χ0n) is 8.49. The lowest BCUT2D eigenvalue weighted by Gasteiger charge is -2.16. The number of hydrogen-bond acceptors (Lipinski definition) is 2. The van der Waals surface area contributed by atoms with Gasteiger partial charge in [-0.15, -0.1) is 0 Å². The number of rotatable bonds is 1. The number of benzene rings is 1. The van der Waals surface area contributed by atoms with E-state index in [0.717, 1.165) is 0 Å². The molecule has 0 aliphatic carbocycles. The van der Waals surface area contributed by atoms with Gasteiger partial charge in [0.1, 0.15) is 0 Å². The van der Waals surface area contributed by atoms with Gasteiger partial charge in [-0.05, 0) is 24.6 Å². The third-order valence-corrected chi connectivity index (χ3v) is 3.17. The van der Waals surface area contributed by atoms with Crippen molar-refractivity contribution >= 4 is 29.1 Å². The van der Waals surface area contributed by atoms with Gasteiger partial charge in [0.2, 0.25) is 0 Å². The zero-order valence-corrected chi connectivity index (χ0v) is 10.0. The Hall–Kier alpha value is -0.770. The molecule has 1 fully saturated rings. The molecule has 1 saturated heterocycles. The second-order valence-electron chi connectivity index (χ2n) is 3.82. The van der Waals surface area contributed by atoms with Gasteiger partial charge in [0, 0.05) is 18.1 Å². The largest absolute Gasteiger partial charge is 0.391 e. The van der Waals surface area contributed by atoms with Crippen molar-refractivity contribution in [3.63, 3.8) is 0 Å². The summed E-state index contributed by atoms with van der Waals surface area (Å²) in [6.45, 7) is 0.921. The van der Waals surface area contributed by atoms with Crippen LogP contribution in [0.1, 0.15) is 16.8 Å². The van der Waals surface area contributed by atoms with Crippen molar-refractivity contribution in [2.45, 2.75) is 12.5 Å². The van der Waals surface area contributed by atoms with Crippen molar-refractivity contribution in [1.82, 2.24) is 4.90 Å². The minimum Gasteiger partial charge on any atom is -0.391 e. The molecule has 0 bridgehead atoms. The van der Waals surface area contributed by atoms with Crippen molar-refractivity contribution in [2.24, 2.45) is 0 Å². The average molecular weight is 260 g/mol. The lowest BCUT2D eigenvalue weighted by molar-refractivity contribution is 0.0765. The van der Waals surface area contributed by atoms with Crippen molar-refractivity contribution in [3.8, 4) is 0 Å². The lowest BCUT2D eigenvalue weighted by atomic mass is 10.2. The molecule has 1 aliphatic heterocycles. The highest BCUT2D eigenvalue weighted by atomic mass is 35.5. The predicted octanol–water partition coefficient (Wildman–Crippen LogP) is 2.20. The van der Waals surface area contributed by atoms with Gasteiger partial charge in [-0.3, -0.25) is 4.79 Å². The minimum absolute atomic E-state index is 0.177. The van der Waals surface area contributed by atoms with Gasteiger partial charge >= 0.3 is 0 Å². The molecule has 0 aromatic heterocycles. The van der Waals surface area contributed by atoms with Crippen molar-refractivity contribution in [2.75, 3.05) is 13.1 Å². The maximum Gasteiger partial charge on any atom is 0.255 e. The second-order valence-corrected chi connectivity index (χ2v) is 4.66. The van der Waals surface area contributed by atoms with Crippen LogP contribution in [-0.2, 0) is 0 Å². The van der Waals surface area contributed by atoms with E-state index in [9.17, 15) is 9.90 Å². The third-order valence-electron chi connectivity index (χ3n) is 2.61. The van der Waals surface area contributed by atoms with Crippen LogP contribution in [-0.4, -0.2) is 35.1 Å². The Balaban J connectivity index is 2.23. The van der Waals surface area contributed by atoms with Gasteiger partial charge in [-0.2, -0.15) is 0 Å². The molecule has 2 rings (SSSR count). The Labute approximate surface area is 104 Å². The highest BCUT2D eigenvalue weighted by Crippen LogP contribution is 2.23. The first-order valence-electron chi connectivity index (χ1n) is 5.00. The fourth-order valence-corrected chi connectivity index (χ4v) is 2.13. The summed E-state index contributed by atoms with van der Waals surface area (Å²) in [6.07, 6.45) is 0.186. The van der Waals surface area contributed by atoms with Gasteiger partial charge in [-0.1, -0.05) is 23.2 Å². The maximum atomic E-state index is 12.0. The molecule has 1 heterocycles. The number of hydrogen-bond donors (Lipinski definition) is 1. The van der Waals surface area contributed by atoms with E-state index >= 15 is 0 Å². The Morgan fingerprint density at radius 3 is 2.81 bits per heavy atom. The number of carbonyl (C=O) groups excluding carboxylic acids is 1. The standard InChI is InChI=1S/C11H11Cl2NO2/c12-7-1-2-10(13)9(5-7)11(16)14-4-3-8(15)6-14/h1-2,5,8,15H,3-4,6H2. The monoisotopic (exact) mass is 259 g/mol. The van der Waals surface area contributed by atoms with E-state index in [1.165, 1.54) is 0 Å². The van der Waals surface area contributed by atoms with Crippen LogP contribution in [0.25, 0.3) is 0 Å². The van der Waals surface area contributed by atoms with Gasteiger partial charge in [-0.25, -0.2) is 0 Å². The van der Waals surface area contributed by atoms with Crippen LogP contribution in [0.2, 0.25) is 10.0 Å². The molecule has 1 aliphatic rings. The summed E-state index contributed by atoms with van der Waals surface area (Å²) in [7, 11) is 0. The van der Waals surface area contributed by atoms with Crippen LogP contribution >= 0.6 is 23.2 Å². The van der Waals surface area contributed by atoms with E-state index in [-0.39, 0.29) is 5.91 Å². The molecular weight excluding hydrogens is 249 g/mol. The summed E-state index contributed by atoms with van der Waals surface area (Å²) < 4.78 is 0. The molecule has 5 heteroatoms. The molecule has 1 unspecified atom stereocenters. The maximum absolute atomic E-state index is 12.0. The van der Waals surface area contributed by atoms with Crippen molar-refractivity contribution < 1.29 is 9.90 Å². The van der Waals surface area contributed by atoms with Crippen molar-refractivity contribution in [1.29, 1.82) is 0 Å². The quantitative estimate of drug-likeness (QED) is 0.840. The van der Waals surface area contributed by atoms with E-state index in [4.69, 9.17) is 23.2 Å². The topological polar surface area (TPSA) is 40.5 Å². The van der Waals surface area contributed by atoms with E-state index < -0.39 is 6.10 Å². The number of amides is 1. The van der Waals surface area contributed by atoms with Crippen LogP contribution in [0, 0.1) is 0 Å². The first-order valence-corrected chi connectivity index (χ1v) is 5.76. The molecule has 0 spiro atoms. The van der Waals surface area contributed by atoms with Gasteiger partial charge in [0.05, 0.1) is 16.7 Å². The number of nitrogens with zero attached hydrogens (tertiary/aromatic N) is 1. The number of likely N-dealkylation sites (tertiary alicyclic amines) is 1. The van der Waals surface area contributed by atoms with Crippen LogP contribution in [0.5, 0.6) is 0 Å². The summed E-state index contributed by atoms with van der Waals surface area (Å²) in [4.78, 5) is 13.6. The van der Waals surface area contributed by atoms with E-state index in [0.29, 0.717) is 35.1 Å². The Morgan fingerprint density at radius 2 is 2.19 bits per heavy atom. The molecular formula is C11H11Cl2NO2. The third kappa shape index (κ3) is 2.32. The molecule has 1 aromatic carbocycles. The summed E-state index contributed by atoms with van der Waals surface area (Å²) in [5.74, 6) is -0.177. The Bertz CT molecular complexity index is 422. The molecule has 1 amide bonds. The SMILES string of the molecule is O=C(c1cc(Cl)ccc1Cl)N1CCC(O)C1. The van der Waals surface area contributed by atoms with Crippen molar-refractivity contribution in [3.05, 3.63) is 33.8 Å². The van der Waals surface area contributed by atoms with Gasteiger partial charge in [0.15, 0.2) is 0 Å². The predicted molar refractivity (Wildman–Crippen MR) is 63.0 cm³/mol. The van der Waals surface area contributed by atoms with Gasteiger partial charge < -0.3 is 10.0 Å². The van der Waals surface area contributed by atoms with Gasteiger partial charge in [0.25, 0.3) is 5.91 Å². The highest BCUT2D eigenvalue weighted by molar-refractivity contribution is 6.35. The van der Waals surface area contributed by atoms with Crippen LogP contribution in [0.15, 0.2) is 18.2 Å². The van der Waals surface area contributed by atoms with E-state index in [2.05, 4.69) is 0 Å². The molecule has 0 radical (unpaired) electrons. The molecule has 86 valence electrons. The number of carbonyl (C=O) groups is 1. The van der Waals surface area contributed by atoms with Crippen LogP contribution < -0.4 is 0 Å². The molecule has 16 heavy (non-hydrogen) atoms. The molecule has 1 N–H and O–H groups in total. The van der Waals surface area contributed by atoms with Crippen LogP contribution in [0.3, 0.4) is 0 Å². The summed E-state index contributed by atoms with van der Waals surface area (Å²) in [6, 6.07) is 4.79. The lowest BCUT2D eigenvalue weighted by Crippen LogP contribution is -2.29. The van der Waals surface area contributed by atoms with E-state index in [1.807, 2.05) is 0 Å². The molecule has 3 nitrogen and oxygen atoms in total. The van der Waals surface area contributed by atoms with E-state index in [1.54, 1.807) is 23.1 Å². The number of β-amino-alcohol motifs (C(OH)–C–C–N with tert-alkyl or cyclic N) is 1. The number of aliphatic hydroxyl groups excluding tert-OH is 1. The van der Waals surface area contributed by atoms with Crippen LogP contribution in [0.4, 0.5) is 0 Å². The minimum atomic E-state index is -0.429. The molecule has 1 aromatic rings. The number of halogens is 2. The zero-order chi connectivity index (χ0) is 11.7. The fourth-order valence-electron chi connectivity index (χ4n) is 1.76. The summed E-state index contributed by atoms with van der Waals surface area (Å²) in [5.41, 5.74) is 0.392. The number of aliphatic hydroxyl groups is 1. The fraction of sp³-hybridized carbons (Fsp3) is 0.364. The Morgan fingerprint density at radius 1 is 1.44 bits per heavy atom. The highest BCUT2D eigenvalue weighted by Gasteiger charge is 2.26. The first kappa shape index (κ1) is 11.7. The average Bonchev–Trinajstić information content (AvgIpc) is 2.67. The summed E-state index contributed by atoms with van der Waals surface area (Å²) in [5, 5.41) is 10.2. The normalized spacial score (nSPS) is 20.2. The second kappa shape index (κ2) is 4.62. The Kier molecular flexibility index (Phi) is 3.38. The first-order chi connectivity index (χ1) is 7.58. The molecule has 0 saturated carbocycles. The summed E-state index contributed by atoms with van der Waals surface area (Å²) >= 11 is 11.8. The molecule has 1 atom stereocenters.